The summed E-state index contributed by atoms with van der Waals surface area (Å²) in [6, 6.07) is 0. The molecule has 0 aromatic heterocycles. The van der Waals surface area contributed by atoms with Gasteiger partial charge in [-0.25, -0.2) is 4.79 Å². The third-order valence-corrected chi connectivity index (χ3v) is 1.94. The average molecular weight is 232 g/mol. The third kappa shape index (κ3) is 5.97. The SMILES string of the molecule is CC(=O)N(C)CC(=O)NCC[C@H](O)C(=O)O. The van der Waals surface area contributed by atoms with Crippen LogP contribution < -0.4 is 5.32 Å². The van der Waals surface area contributed by atoms with Crippen LogP contribution in [0.4, 0.5) is 0 Å². The highest BCUT2D eigenvalue weighted by atomic mass is 16.4. The summed E-state index contributed by atoms with van der Waals surface area (Å²) in [5.41, 5.74) is 0. The second kappa shape index (κ2) is 6.78. The topological polar surface area (TPSA) is 107 Å². The largest absolute Gasteiger partial charge is 0.479 e. The first-order chi connectivity index (χ1) is 7.34. The van der Waals surface area contributed by atoms with E-state index in [1.165, 1.54) is 18.9 Å². The molecule has 3 N–H and O–H groups in total. The number of rotatable bonds is 6. The molecule has 0 aliphatic rings. The maximum Gasteiger partial charge on any atom is 0.332 e. The number of nitrogens with zero attached hydrogens (tertiary/aromatic N) is 1. The molecule has 0 aliphatic carbocycles. The zero-order valence-electron chi connectivity index (χ0n) is 9.27. The van der Waals surface area contributed by atoms with Crippen molar-refractivity contribution in [1.29, 1.82) is 0 Å². The first-order valence-corrected chi connectivity index (χ1v) is 4.74. The van der Waals surface area contributed by atoms with Crippen LogP contribution >= 0.6 is 0 Å². The van der Waals surface area contributed by atoms with E-state index in [2.05, 4.69) is 5.32 Å². The second-order valence-electron chi connectivity index (χ2n) is 3.37. The zero-order chi connectivity index (χ0) is 12.7. The van der Waals surface area contributed by atoms with Gasteiger partial charge in [0, 0.05) is 26.9 Å². The van der Waals surface area contributed by atoms with Crippen molar-refractivity contribution in [3.8, 4) is 0 Å². The van der Waals surface area contributed by atoms with E-state index >= 15 is 0 Å². The van der Waals surface area contributed by atoms with Crippen LogP contribution in [0.2, 0.25) is 0 Å². The lowest BCUT2D eigenvalue weighted by Crippen LogP contribution is -2.38. The van der Waals surface area contributed by atoms with Crippen LogP contribution in [-0.2, 0) is 14.4 Å². The zero-order valence-corrected chi connectivity index (χ0v) is 9.27. The third-order valence-electron chi connectivity index (χ3n) is 1.94. The molecule has 16 heavy (non-hydrogen) atoms. The van der Waals surface area contributed by atoms with Gasteiger partial charge in [0.15, 0.2) is 6.10 Å². The van der Waals surface area contributed by atoms with Crippen LogP contribution in [0.15, 0.2) is 0 Å². The molecule has 0 spiro atoms. The molecule has 92 valence electrons. The van der Waals surface area contributed by atoms with E-state index in [9.17, 15) is 14.4 Å². The molecule has 2 amide bonds. The van der Waals surface area contributed by atoms with E-state index in [0.29, 0.717) is 0 Å². The summed E-state index contributed by atoms with van der Waals surface area (Å²) in [7, 11) is 1.48. The van der Waals surface area contributed by atoms with E-state index in [4.69, 9.17) is 10.2 Å². The summed E-state index contributed by atoms with van der Waals surface area (Å²) in [6.45, 7) is 1.30. The number of nitrogens with one attached hydrogen (secondary N) is 1. The van der Waals surface area contributed by atoms with Crippen molar-refractivity contribution in [2.75, 3.05) is 20.1 Å². The molecule has 0 aromatic carbocycles. The highest BCUT2D eigenvalue weighted by molar-refractivity contribution is 5.83. The van der Waals surface area contributed by atoms with Gasteiger partial charge in [-0.3, -0.25) is 9.59 Å². The van der Waals surface area contributed by atoms with Crippen LogP contribution in [0.1, 0.15) is 13.3 Å². The molecule has 1 atom stereocenters. The van der Waals surface area contributed by atoms with Crippen LogP contribution in [0, 0.1) is 0 Å². The van der Waals surface area contributed by atoms with Crippen molar-refractivity contribution < 1.29 is 24.6 Å². The van der Waals surface area contributed by atoms with Crippen LogP contribution in [0.5, 0.6) is 0 Å². The monoisotopic (exact) mass is 232 g/mol. The predicted molar refractivity (Wildman–Crippen MR) is 54.6 cm³/mol. The molecule has 7 heteroatoms. The summed E-state index contributed by atoms with van der Waals surface area (Å²) < 4.78 is 0. The molecule has 0 unspecified atom stereocenters. The van der Waals surface area contributed by atoms with Gasteiger partial charge in [-0.1, -0.05) is 0 Å². The molecule has 0 saturated carbocycles. The average Bonchev–Trinajstić information content (AvgIpc) is 2.16. The molecule has 0 saturated heterocycles. The standard InChI is InChI=1S/C9H16N2O5/c1-6(12)11(2)5-8(14)10-4-3-7(13)9(15)16/h7,13H,3-5H2,1-2H3,(H,10,14)(H,15,16)/t7-/m0/s1. The van der Waals surface area contributed by atoms with Crippen molar-refractivity contribution in [2.24, 2.45) is 0 Å². The number of hydrogen-bond acceptors (Lipinski definition) is 4. The Morgan fingerprint density at radius 1 is 1.38 bits per heavy atom. The van der Waals surface area contributed by atoms with E-state index in [0.717, 1.165) is 0 Å². The molecular formula is C9H16N2O5. The van der Waals surface area contributed by atoms with E-state index in [1.54, 1.807) is 0 Å². The fraction of sp³-hybridized carbons (Fsp3) is 0.667. The second-order valence-corrected chi connectivity index (χ2v) is 3.37. The summed E-state index contributed by atoms with van der Waals surface area (Å²) in [5.74, 6) is -1.95. The molecular weight excluding hydrogens is 216 g/mol. The number of carboxylic acid groups (broad SMARTS) is 1. The van der Waals surface area contributed by atoms with Gasteiger partial charge in [-0.15, -0.1) is 0 Å². The van der Waals surface area contributed by atoms with Crippen molar-refractivity contribution in [1.82, 2.24) is 10.2 Å². The Kier molecular flexibility index (Phi) is 6.09. The number of carbonyl (C=O) groups excluding carboxylic acids is 2. The maximum absolute atomic E-state index is 11.2. The Hall–Kier alpha value is -1.63. The minimum atomic E-state index is -1.48. The molecule has 0 heterocycles. The van der Waals surface area contributed by atoms with Crippen LogP contribution in [0.3, 0.4) is 0 Å². The summed E-state index contributed by atoms with van der Waals surface area (Å²) >= 11 is 0. The van der Waals surface area contributed by atoms with Crippen LogP contribution in [-0.4, -0.2) is 59.1 Å². The molecule has 0 rings (SSSR count). The number of amides is 2. The van der Waals surface area contributed by atoms with Crippen molar-refractivity contribution >= 4 is 17.8 Å². The van der Waals surface area contributed by atoms with Crippen LogP contribution in [0.25, 0.3) is 0 Å². The Labute approximate surface area is 93.0 Å². The quantitative estimate of drug-likeness (QED) is 0.512. The van der Waals surface area contributed by atoms with E-state index in [-0.39, 0.29) is 25.4 Å². The van der Waals surface area contributed by atoms with Crippen molar-refractivity contribution in [3.63, 3.8) is 0 Å². The molecule has 0 bridgehead atoms. The van der Waals surface area contributed by atoms with E-state index < -0.39 is 18.0 Å². The van der Waals surface area contributed by atoms with E-state index in [1.807, 2.05) is 0 Å². The smallest absolute Gasteiger partial charge is 0.332 e. The minimum absolute atomic E-state index is 0.0536. The Balaban J connectivity index is 3.74. The van der Waals surface area contributed by atoms with Crippen molar-refractivity contribution in [3.05, 3.63) is 0 Å². The lowest BCUT2D eigenvalue weighted by atomic mass is 10.2. The number of aliphatic carboxylic acids is 1. The number of carboxylic acids is 1. The van der Waals surface area contributed by atoms with Gasteiger partial charge in [0.05, 0.1) is 6.54 Å². The van der Waals surface area contributed by atoms with Gasteiger partial charge >= 0.3 is 5.97 Å². The molecule has 0 radical (unpaired) electrons. The minimum Gasteiger partial charge on any atom is -0.479 e. The highest BCUT2D eigenvalue weighted by Crippen LogP contribution is 1.90. The first kappa shape index (κ1) is 14.4. The number of aliphatic hydroxyl groups excluding tert-OH is 1. The van der Waals surface area contributed by atoms with Gasteiger partial charge in [0.1, 0.15) is 0 Å². The highest BCUT2D eigenvalue weighted by Gasteiger charge is 2.13. The number of aliphatic hydroxyl groups is 1. The molecule has 0 fully saturated rings. The Morgan fingerprint density at radius 2 is 1.94 bits per heavy atom. The van der Waals surface area contributed by atoms with Crippen molar-refractivity contribution in [2.45, 2.75) is 19.4 Å². The fourth-order valence-corrected chi connectivity index (χ4v) is 0.854. The summed E-state index contributed by atoms with van der Waals surface area (Å²) in [4.78, 5) is 33.4. The molecule has 0 aliphatic heterocycles. The Morgan fingerprint density at radius 3 is 2.38 bits per heavy atom. The first-order valence-electron chi connectivity index (χ1n) is 4.74. The number of likely N-dealkylation sites (N-methyl/N-ethyl adjacent to an activating group) is 1. The lowest BCUT2D eigenvalue weighted by Gasteiger charge is -2.14. The van der Waals surface area contributed by atoms with Gasteiger partial charge in [0.25, 0.3) is 0 Å². The van der Waals surface area contributed by atoms with Gasteiger partial charge < -0.3 is 20.4 Å². The Bertz CT molecular complexity index is 279. The fourth-order valence-electron chi connectivity index (χ4n) is 0.854. The van der Waals surface area contributed by atoms with Gasteiger partial charge in [-0.05, 0) is 0 Å². The van der Waals surface area contributed by atoms with Gasteiger partial charge in [0.2, 0.25) is 11.8 Å². The molecule has 7 nitrogen and oxygen atoms in total. The lowest BCUT2D eigenvalue weighted by molar-refractivity contribution is -0.147. The maximum atomic E-state index is 11.2. The predicted octanol–water partition coefficient (Wildman–Crippen LogP) is -1.58. The number of carbonyl (C=O) groups is 3. The summed E-state index contributed by atoms with van der Waals surface area (Å²) in [5, 5.41) is 19.6. The molecule has 0 aromatic rings. The normalized spacial score (nSPS) is 11.7. The summed E-state index contributed by atoms with van der Waals surface area (Å²) in [6.07, 6.45) is -1.55. The number of hydrogen-bond donors (Lipinski definition) is 3. The van der Waals surface area contributed by atoms with Gasteiger partial charge in [-0.2, -0.15) is 0 Å².